The van der Waals surface area contributed by atoms with Gasteiger partial charge in [-0.15, -0.1) is 0 Å². The number of rotatable bonds is 3. The fourth-order valence-corrected chi connectivity index (χ4v) is 3.13. The molecule has 0 saturated heterocycles. The summed E-state index contributed by atoms with van der Waals surface area (Å²) >= 11 is 0. The number of hydrogen-bond acceptors (Lipinski definition) is 4. The van der Waals surface area contributed by atoms with Crippen molar-refractivity contribution in [2.45, 2.75) is 31.7 Å². The van der Waals surface area contributed by atoms with E-state index in [1.807, 2.05) is 24.3 Å². The van der Waals surface area contributed by atoms with Gasteiger partial charge in [-0.2, -0.15) is 4.98 Å². The van der Waals surface area contributed by atoms with Crippen molar-refractivity contribution in [3.63, 3.8) is 0 Å². The number of fused-ring (bicyclic) bond motifs is 1. The molecule has 3 rings (SSSR count). The summed E-state index contributed by atoms with van der Waals surface area (Å²) < 4.78 is 5.85. The normalized spacial score (nSPS) is 23.7. The molecule has 0 amide bonds. The molecule has 2 atom stereocenters. The minimum Gasteiger partial charge on any atom is -0.423 e. The van der Waals surface area contributed by atoms with E-state index in [9.17, 15) is 0 Å². The zero-order valence-electron chi connectivity index (χ0n) is 11.4. The van der Waals surface area contributed by atoms with Crippen LogP contribution in [-0.2, 0) is 0 Å². The molecule has 0 spiro atoms. The van der Waals surface area contributed by atoms with E-state index in [0.29, 0.717) is 18.0 Å². The first kappa shape index (κ1) is 12.5. The van der Waals surface area contributed by atoms with Crippen LogP contribution in [0.1, 0.15) is 25.7 Å². The van der Waals surface area contributed by atoms with E-state index in [1.54, 1.807) is 0 Å². The van der Waals surface area contributed by atoms with Gasteiger partial charge in [0.25, 0.3) is 6.01 Å². The molecule has 1 aromatic carbocycles. The van der Waals surface area contributed by atoms with Crippen molar-refractivity contribution in [2.24, 2.45) is 11.7 Å². The Kier molecular flexibility index (Phi) is 3.42. The smallest absolute Gasteiger partial charge is 0.298 e. The summed E-state index contributed by atoms with van der Waals surface area (Å²) in [6, 6.07) is 9.06. The minimum atomic E-state index is 0.451. The third-order valence-electron chi connectivity index (χ3n) is 4.25. The van der Waals surface area contributed by atoms with Gasteiger partial charge in [0, 0.05) is 13.1 Å². The quantitative estimate of drug-likeness (QED) is 0.921. The SMILES string of the molecule is CN(c1nc2ccccc2o1)C1CCCCC1CN. The number of oxazole rings is 1. The van der Waals surface area contributed by atoms with Crippen LogP contribution in [0, 0.1) is 5.92 Å². The average Bonchev–Trinajstić information content (AvgIpc) is 2.90. The number of benzene rings is 1. The standard InChI is InChI=1S/C15H21N3O/c1-18(13-8-4-2-6-11(13)10-16)15-17-12-7-3-5-9-14(12)19-15/h3,5,7,9,11,13H,2,4,6,8,10,16H2,1H3. The van der Waals surface area contributed by atoms with Crippen LogP contribution in [0.4, 0.5) is 6.01 Å². The highest BCUT2D eigenvalue weighted by molar-refractivity contribution is 5.74. The summed E-state index contributed by atoms with van der Waals surface area (Å²) in [6.45, 7) is 0.745. The van der Waals surface area contributed by atoms with E-state index >= 15 is 0 Å². The van der Waals surface area contributed by atoms with Crippen LogP contribution in [0.25, 0.3) is 11.1 Å². The summed E-state index contributed by atoms with van der Waals surface area (Å²) in [5, 5.41) is 0. The Balaban J connectivity index is 1.87. The Labute approximate surface area is 113 Å². The molecule has 4 heteroatoms. The minimum absolute atomic E-state index is 0.451. The number of nitrogens with two attached hydrogens (primary N) is 1. The van der Waals surface area contributed by atoms with Crippen LogP contribution in [0.2, 0.25) is 0 Å². The van der Waals surface area contributed by atoms with Crippen LogP contribution in [0.3, 0.4) is 0 Å². The molecule has 2 aromatic rings. The molecule has 0 bridgehead atoms. The summed E-state index contributed by atoms with van der Waals surface area (Å²) in [6.07, 6.45) is 4.95. The lowest BCUT2D eigenvalue weighted by Crippen LogP contribution is -2.43. The lowest BCUT2D eigenvalue weighted by Gasteiger charge is -2.36. The van der Waals surface area contributed by atoms with Crippen molar-refractivity contribution in [1.29, 1.82) is 0 Å². The molecule has 1 aliphatic carbocycles. The molecule has 102 valence electrons. The average molecular weight is 259 g/mol. The molecule has 2 N–H and O–H groups in total. The highest BCUT2D eigenvalue weighted by atomic mass is 16.4. The van der Waals surface area contributed by atoms with Crippen LogP contribution in [-0.4, -0.2) is 24.6 Å². The monoisotopic (exact) mass is 259 g/mol. The molecule has 1 fully saturated rings. The maximum Gasteiger partial charge on any atom is 0.298 e. The molecule has 4 nitrogen and oxygen atoms in total. The number of para-hydroxylation sites is 2. The molecular formula is C15H21N3O. The van der Waals surface area contributed by atoms with Crippen molar-refractivity contribution >= 4 is 17.1 Å². The summed E-state index contributed by atoms with van der Waals surface area (Å²) in [7, 11) is 2.07. The second-order valence-electron chi connectivity index (χ2n) is 5.42. The van der Waals surface area contributed by atoms with Crippen molar-refractivity contribution in [2.75, 3.05) is 18.5 Å². The Hall–Kier alpha value is -1.55. The number of aromatic nitrogens is 1. The van der Waals surface area contributed by atoms with Crippen molar-refractivity contribution in [3.05, 3.63) is 24.3 Å². The van der Waals surface area contributed by atoms with Gasteiger partial charge >= 0.3 is 0 Å². The highest BCUT2D eigenvalue weighted by Crippen LogP contribution is 2.31. The Morgan fingerprint density at radius 3 is 2.89 bits per heavy atom. The largest absolute Gasteiger partial charge is 0.423 e. The molecule has 1 saturated carbocycles. The predicted octanol–water partition coefficient (Wildman–Crippen LogP) is 2.78. The summed E-state index contributed by atoms with van der Waals surface area (Å²) in [5.41, 5.74) is 7.68. The van der Waals surface area contributed by atoms with E-state index in [2.05, 4.69) is 16.9 Å². The van der Waals surface area contributed by atoms with Gasteiger partial charge in [-0.3, -0.25) is 0 Å². The Morgan fingerprint density at radius 1 is 1.32 bits per heavy atom. The molecule has 1 heterocycles. The fourth-order valence-electron chi connectivity index (χ4n) is 3.13. The van der Waals surface area contributed by atoms with E-state index in [-0.39, 0.29) is 0 Å². The molecular weight excluding hydrogens is 238 g/mol. The Bertz CT molecular complexity index is 518. The molecule has 0 radical (unpaired) electrons. The van der Waals surface area contributed by atoms with Crippen LogP contribution in [0.5, 0.6) is 0 Å². The van der Waals surface area contributed by atoms with Gasteiger partial charge in [0.15, 0.2) is 5.58 Å². The first-order chi connectivity index (χ1) is 9.29. The maximum atomic E-state index is 5.91. The second kappa shape index (κ2) is 5.21. The summed E-state index contributed by atoms with van der Waals surface area (Å²) in [4.78, 5) is 6.75. The predicted molar refractivity (Wildman–Crippen MR) is 77.2 cm³/mol. The number of hydrogen-bond donors (Lipinski definition) is 1. The highest BCUT2D eigenvalue weighted by Gasteiger charge is 2.29. The third kappa shape index (κ3) is 2.32. The number of anilines is 1. The molecule has 1 aromatic heterocycles. The third-order valence-corrected chi connectivity index (χ3v) is 4.25. The van der Waals surface area contributed by atoms with Gasteiger partial charge in [0.1, 0.15) is 5.52 Å². The van der Waals surface area contributed by atoms with Crippen molar-refractivity contribution in [1.82, 2.24) is 4.98 Å². The summed E-state index contributed by atoms with van der Waals surface area (Å²) in [5.74, 6) is 0.550. The van der Waals surface area contributed by atoms with Crippen LogP contribution in [0.15, 0.2) is 28.7 Å². The van der Waals surface area contributed by atoms with E-state index in [1.165, 1.54) is 25.7 Å². The van der Waals surface area contributed by atoms with Crippen molar-refractivity contribution in [3.8, 4) is 0 Å². The molecule has 1 aliphatic rings. The van der Waals surface area contributed by atoms with Crippen LogP contribution >= 0.6 is 0 Å². The second-order valence-corrected chi connectivity index (χ2v) is 5.42. The van der Waals surface area contributed by atoms with Gasteiger partial charge in [0.2, 0.25) is 0 Å². The molecule has 0 aliphatic heterocycles. The zero-order valence-corrected chi connectivity index (χ0v) is 11.4. The first-order valence-electron chi connectivity index (χ1n) is 7.08. The van der Waals surface area contributed by atoms with Gasteiger partial charge < -0.3 is 15.1 Å². The lowest BCUT2D eigenvalue weighted by atomic mass is 9.84. The van der Waals surface area contributed by atoms with Gasteiger partial charge in [-0.1, -0.05) is 25.0 Å². The fraction of sp³-hybridized carbons (Fsp3) is 0.533. The first-order valence-corrected chi connectivity index (χ1v) is 7.08. The van der Waals surface area contributed by atoms with Gasteiger partial charge in [-0.25, -0.2) is 0 Å². The van der Waals surface area contributed by atoms with E-state index < -0.39 is 0 Å². The van der Waals surface area contributed by atoms with Crippen LogP contribution < -0.4 is 10.6 Å². The lowest BCUT2D eigenvalue weighted by molar-refractivity contribution is 0.298. The van der Waals surface area contributed by atoms with Crippen molar-refractivity contribution < 1.29 is 4.42 Å². The zero-order chi connectivity index (χ0) is 13.2. The van der Waals surface area contributed by atoms with Gasteiger partial charge in [-0.05, 0) is 37.4 Å². The Morgan fingerprint density at radius 2 is 2.11 bits per heavy atom. The maximum absolute atomic E-state index is 5.91. The molecule has 2 unspecified atom stereocenters. The van der Waals surface area contributed by atoms with E-state index in [4.69, 9.17) is 10.2 Å². The topological polar surface area (TPSA) is 55.3 Å². The number of nitrogens with zero attached hydrogens (tertiary/aromatic N) is 2. The molecule has 19 heavy (non-hydrogen) atoms. The van der Waals surface area contributed by atoms with E-state index in [0.717, 1.165) is 17.6 Å². The van der Waals surface area contributed by atoms with Gasteiger partial charge in [0.05, 0.1) is 0 Å².